The predicted octanol–water partition coefficient (Wildman–Crippen LogP) is 7.12. The molecule has 0 spiro atoms. The van der Waals surface area contributed by atoms with E-state index in [2.05, 4.69) is 14.9 Å². The average molecular weight is 669 g/mol. The van der Waals surface area contributed by atoms with Crippen LogP contribution in [0.3, 0.4) is 0 Å². The number of halogens is 2. The number of urea groups is 1. The van der Waals surface area contributed by atoms with Gasteiger partial charge in [-0.3, -0.25) is 9.62 Å². The average Bonchev–Trinajstić information content (AvgIpc) is 3.03. The Balaban J connectivity index is 0.00000480. The van der Waals surface area contributed by atoms with Crippen LogP contribution in [0.25, 0.3) is 0 Å². The minimum absolute atomic E-state index is 0. The third-order valence-electron chi connectivity index (χ3n) is 7.56. The van der Waals surface area contributed by atoms with Gasteiger partial charge >= 0.3 is 6.03 Å². The molecular formula is C34H38ClFN4O5S. The summed E-state index contributed by atoms with van der Waals surface area (Å²) in [5.41, 5.74) is 3.13. The summed E-state index contributed by atoms with van der Waals surface area (Å²) >= 11 is 0. The van der Waals surface area contributed by atoms with Gasteiger partial charge in [0.05, 0.1) is 13.4 Å². The van der Waals surface area contributed by atoms with Gasteiger partial charge in [0.25, 0.3) is 0 Å². The standard InChI is InChI=1S/C34H37FN4O5S.ClH/c1-43-33-5-3-4-26(22-33)24-39(34(40)36-28-10-8-27(35)9-11-28)30-18-20-38(21-19-30)23-25-6-14-31(15-7-25)44-32-16-12-29(13-17-32)37-45(2,41)42;/h3-17,22,30,37H,18-21,23-24H2,1-2H3,(H,36,40);1H. The zero-order chi connectivity index (χ0) is 31.8. The van der Waals surface area contributed by atoms with Crippen molar-refractivity contribution in [2.24, 2.45) is 0 Å². The number of anilines is 2. The molecule has 0 radical (unpaired) electrons. The van der Waals surface area contributed by atoms with E-state index in [1.165, 1.54) is 12.1 Å². The fraction of sp³-hybridized carbons (Fsp3) is 0.265. The molecule has 12 heteroatoms. The highest BCUT2D eigenvalue weighted by molar-refractivity contribution is 7.92. The number of rotatable bonds is 11. The minimum atomic E-state index is -3.34. The lowest BCUT2D eigenvalue weighted by molar-refractivity contribution is 0.120. The normalized spacial score (nSPS) is 13.7. The van der Waals surface area contributed by atoms with Crippen molar-refractivity contribution in [1.29, 1.82) is 0 Å². The second-order valence-electron chi connectivity index (χ2n) is 11.1. The molecule has 46 heavy (non-hydrogen) atoms. The van der Waals surface area contributed by atoms with E-state index in [0.717, 1.165) is 55.6 Å². The van der Waals surface area contributed by atoms with Crippen molar-refractivity contribution in [3.05, 3.63) is 114 Å². The first kappa shape index (κ1) is 34.6. The molecule has 0 aromatic heterocycles. The number of piperidine rings is 1. The summed E-state index contributed by atoms with van der Waals surface area (Å²) in [5, 5.41) is 2.94. The summed E-state index contributed by atoms with van der Waals surface area (Å²) in [6.45, 7) is 2.86. The molecule has 9 nitrogen and oxygen atoms in total. The number of sulfonamides is 1. The number of carbonyl (C=O) groups excluding carboxylic acids is 1. The Morgan fingerprint density at radius 3 is 2.09 bits per heavy atom. The quantitative estimate of drug-likeness (QED) is 0.177. The maximum atomic E-state index is 13.5. The summed E-state index contributed by atoms with van der Waals surface area (Å²) in [7, 11) is -1.71. The molecule has 2 N–H and O–H groups in total. The summed E-state index contributed by atoms with van der Waals surface area (Å²) in [5.74, 6) is 1.66. The number of likely N-dealkylation sites (tertiary alicyclic amines) is 1. The zero-order valence-electron chi connectivity index (χ0n) is 25.7. The third kappa shape index (κ3) is 10.1. The molecule has 1 heterocycles. The number of amides is 2. The van der Waals surface area contributed by atoms with Gasteiger partial charge in [-0.1, -0.05) is 24.3 Å². The first-order chi connectivity index (χ1) is 21.6. The number of nitrogens with one attached hydrogen (secondary N) is 2. The summed E-state index contributed by atoms with van der Waals surface area (Å²) in [6.07, 6.45) is 2.73. The van der Waals surface area contributed by atoms with E-state index in [1.54, 1.807) is 43.5 Å². The van der Waals surface area contributed by atoms with Crippen molar-refractivity contribution in [3.63, 3.8) is 0 Å². The minimum Gasteiger partial charge on any atom is -0.497 e. The number of methoxy groups -OCH3 is 1. The van der Waals surface area contributed by atoms with Crippen LogP contribution >= 0.6 is 12.4 Å². The molecule has 0 saturated carbocycles. The molecule has 0 atom stereocenters. The van der Waals surface area contributed by atoms with Crippen LogP contribution in [-0.4, -0.2) is 56.7 Å². The largest absolute Gasteiger partial charge is 0.497 e. The number of benzene rings is 4. The topological polar surface area (TPSA) is 100 Å². The highest BCUT2D eigenvalue weighted by atomic mass is 35.5. The summed E-state index contributed by atoms with van der Waals surface area (Å²) in [4.78, 5) is 17.7. The molecule has 5 rings (SSSR count). The Morgan fingerprint density at radius 1 is 0.870 bits per heavy atom. The lowest BCUT2D eigenvalue weighted by Gasteiger charge is -2.38. The highest BCUT2D eigenvalue weighted by Gasteiger charge is 2.28. The van der Waals surface area contributed by atoms with Gasteiger partial charge in [-0.15, -0.1) is 12.4 Å². The van der Waals surface area contributed by atoms with E-state index in [9.17, 15) is 17.6 Å². The SMILES string of the molecule is COc1cccc(CN(C(=O)Nc2ccc(F)cc2)C2CCN(Cc3ccc(Oc4ccc(NS(C)(=O)=O)cc4)cc3)CC2)c1.Cl. The van der Waals surface area contributed by atoms with Crippen LogP contribution in [0, 0.1) is 5.82 Å². The van der Waals surface area contributed by atoms with Gasteiger partial charge < -0.3 is 19.7 Å². The van der Waals surface area contributed by atoms with E-state index in [4.69, 9.17) is 9.47 Å². The fourth-order valence-electron chi connectivity index (χ4n) is 5.31. The Morgan fingerprint density at radius 2 is 1.48 bits per heavy atom. The van der Waals surface area contributed by atoms with Gasteiger partial charge in [-0.25, -0.2) is 17.6 Å². The van der Waals surface area contributed by atoms with Crippen molar-refractivity contribution >= 4 is 39.8 Å². The fourth-order valence-corrected chi connectivity index (χ4v) is 5.88. The van der Waals surface area contributed by atoms with Crippen LogP contribution in [0.2, 0.25) is 0 Å². The van der Waals surface area contributed by atoms with Crippen molar-refractivity contribution in [2.45, 2.75) is 32.0 Å². The molecule has 244 valence electrons. The molecule has 0 unspecified atom stereocenters. The number of carbonyl (C=O) groups is 1. The van der Waals surface area contributed by atoms with Gasteiger partial charge in [0, 0.05) is 43.6 Å². The van der Waals surface area contributed by atoms with Crippen LogP contribution in [0.4, 0.5) is 20.6 Å². The van der Waals surface area contributed by atoms with Crippen LogP contribution in [0.5, 0.6) is 17.2 Å². The molecule has 1 fully saturated rings. The van der Waals surface area contributed by atoms with Crippen LogP contribution in [0.15, 0.2) is 97.1 Å². The molecule has 0 bridgehead atoms. The lowest BCUT2D eigenvalue weighted by Crippen LogP contribution is -2.48. The van der Waals surface area contributed by atoms with Gasteiger partial charge in [-0.05, 0) is 96.8 Å². The first-order valence-electron chi connectivity index (χ1n) is 14.7. The molecule has 4 aromatic carbocycles. The van der Waals surface area contributed by atoms with E-state index >= 15 is 0 Å². The second kappa shape index (κ2) is 15.8. The molecule has 2 amide bonds. The van der Waals surface area contributed by atoms with E-state index < -0.39 is 10.0 Å². The Kier molecular flexibility index (Phi) is 11.9. The predicted molar refractivity (Wildman–Crippen MR) is 181 cm³/mol. The molecular weight excluding hydrogens is 631 g/mol. The Hall–Kier alpha value is -4.32. The van der Waals surface area contributed by atoms with Crippen LogP contribution in [0.1, 0.15) is 24.0 Å². The van der Waals surface area contributed by atoms with Crippen molar-refractivity contribution < 1.29 is 27.1 Å². The monoisotopic (exact) mass is 668 g/mol. The van der Waals surface area contributed by atoms with E-state index in [0.29, 0.717) is 29.4 Å². The Labute approximate surface area is 275 Å². The van der Waals surface area contributed by atoms with Gasteiger partial charge in [-0.2, -0.15) is 0 Å². The van der Waals surface area contributed by atoms with Crippen LogP contribution in [-0.2, 0) is 23.1 Å². The molecule has 4 aromatic rings. The summed E-state index contributed by atoms with van der Waals surface area (Å²) in [6, 6.07) is 27.9. The maximum Gasteiger partial charge on any atom is 0.322 e. The number of hydrogen-bond acceptors (Lipinski definition) is 6. The molecule has 0 aliphatic carbocycles. The smallest absolute Gasteiger partial charge is 0.322 e. The molecule has 1 aliphatic rings. The molecule has 1 aliphatic heterocycles. The molecule has 1 saturated heterocycles. The third-order valence-corrected chi connectivity index (χ3v) is 8.17. The van der Waals surface area contributed by atoms with Gasteiger partial charge in [0.1, 0.15) is 23.1 Å². The number of ether oxygens (including phenoxy) is 2. The second-order valence-corrected chi connectivity index (χ2v) is 12.8. The summed E-state index contributed by atoms with van der Waals surface area (Å²) < 4.78 is 50.0. The number of nitrogens with zero attached hydrogens (tertiary/aromatic N) is 2. The first-order valence-corrected chi connectivity index (χ1v) is 16.6. The van der Waals surface area contributed by atoms with Crippen molar-refractivity contribution in [2.75, 3.05) is 36.5 Å². The van der Waals surface area contributed by atoms with Crippen molar-refractivity contribution in [3.8, 4) is 17.2 Å². The van der Waals surface area contributed by atoms with Crippen molar-refractivity contribution in [1.82, 2.24) is 9.80 Å². The lowest BCUT2D eigenvalue weighted by atomic mass is 10.0. The van der Waals surface area contributed by atoms with Gasteiger partial charge in [0.15, 0.2) is 0 Å². The van der Waals surface area contributed by atoms with Gasteiger partial charge in [0.2, 0.25) is 10.0 Å². The number of hydrogen-bond donors (Lipinski definition) is 2. The van der Waals surface area contributed by atoms with E-state index in [-0.39, 0.29) is 30.3 Å². The highest BCUT2D eigenvalue weighted by Crippen LogP contribution is 2.26. The maximum absolute atomic E-state index is 13.5. The zero-order valence-corrected chi connectivity index (χ0v) is 27.3. The Bertz CT molecular complexity index is 1680. The van der Waals surface area contributed by atoms with Crippen LogP contribution < -0.4 is 19.5 Å². The van der Waals surface area contributed by atoms with E-state index in [1.807, 2.05) is 53.4 Å².